The van der Waals surface area contributed by atoms with E-state index in [0.717, 1.165) is 17.1 Å². The summed E-state index contributed by atoms with van der Waals surface area (Å²) in [5, 5.41) is 5.07. The SMILES string of the molecule is c1ccc(-c2ccccc2-c2ccccc2-c2ccccc2N(c2ccc(-c3ccc4ccccc4c3)cc2)c2ccc3sc4ccccc4c3c2)cc1. The maximum Gasteiger partial charge on any atom is 0.0540 e. The molecule has 0 amide bonds. The molecule has 0 aliphatic heterocycles. The van der Waals surface area contributed by atoms with E-state index in [1.165, 1.54) is 75.5 Å². The Morgan fingerprint density at radius 2 is 0.852 bits per heavy atom. The van der Waals surface area contributed by atoms with Crippen molar-refractivity contribution in [2.45, 2.75) is 0 Å². The molecule has 0 N–H and O–H groups in total. The first-order valence-electron chi connectivity index (χ1n) is 18.4. The number of hydrogen-bond acceptors (Lipinski definition) is 2. The van der Waals surface area contributed by atoms with Crippen LogP contribution in [0.1, 0.15) is 0 Å². The van der Waals surface area contributed by atoms with Gasteiger partial charge in [0.25, 0.3) is 0 Å². The van der Waals surface area contributed by atoms with Gasteiger partial charge in [-0.1, -0.05) is 164 Å². The van der Waals surface area contributed by atoms with E-state index in [4.69, 9.17) is 0 Å². The molecule has 0 bridgehead atoms. The van der Waals surface area contributed by atoms with Gasteiger partial charge in [0, 0.05) is 37.1 Å². The van der Waals surface area contributed by atoms with Crippen LogP contribution in [0.3, 0.4) is 0 Å². The first kappa shape index (κ1) is 32.0. The lowest BCUT2D eigenvalue weighted by Gasteiger charge is -2.29. The summed E-state index contributed by atoms with van der Waals surface area (Å²) < 4.78 is 2.60. The highest BCUT2D eigenvalue weighted by atomic mass is 32.1. The van der Waals surface area contributed by atoms with Crippen molar-refractivity contribution in [3.05, 3.63) is 212 Å². The predicted molar refractivity (Wildman–Crippen MR) is 233 cm³/mol. The molecular formula is C52H35NS. The highest BCUT2D eigenvalue weighted by Gasteiger charge is 2.21. The normalized spacial score (nSPS) is 11.3. The van der Waals surface area contributed by atoms with E-state index in [-0.39, 0.29) is 0 Å². The molecule has 0 saturated heterocycles. The van der Waals surface area contributed by atoms with Crippen LogP contribution in [-0.2, 0) is 0 Å². The van der Waals surface area contributed by atoms with Gasteiger partial charge in [0.15, 0.2) is 0 Å². The van der Waals surface area contributed by atoms with E-state index in [9.17, 15) is 0 Å². The third kappa shape index (κ3) is 5.74. The summed E-state index contributed by atoms with van der Waals surface area (Å²) in [4.78, 5) is 2.44. The van der Waals surface area contributed by atoms with Gasteiger partial charge in [-0.3, -0.25) is 0 Å². The van der Waals surface area contributed by atoms with Gasteiger partial charge in [-0.15, -0.1) is 11.3 Å². The molecule has 0 radical (unpaired) electrons. The largest absolute Gasteiger partial charge is 0.310 e. The molecule has 1 heterocycles. The molecule has 0 fully saturated rings. The molecule has 0 aliphatic rings. The number of fused-ring (bicyclic) bond motifs is 4. The number of para-hydroxylation sites is 1. The Kier molecular flexibility index (Phi) is 8.09. The van der Waals surface area contributed by atoms with Gasteiger partial charge in [-0.25, -0.2) is 0 Å². The third-order valence-corrected chi connectivity index (χ3v) is 11.6. The van der Waals surface area contributed by atoms with Gasteiger partial charge < -0.3 is 4.90 Å². The van der Waals surface area contributed by atoms with Gasteiger partial charge >= 0.3 is 0 Å². The molecule has 2 heteroatoms. The first-order valence-corrected chi connectivity index (χ1v) is 19.2. The first-order chi connectivity index (χ1) is 26.8. The molecule has 0 unspecified atom stereocenters. The van der Waals surface area contributed by atoms with Crippen LogP contribution in [0.5, 0.6) is 0 Å². The summed E-state index contributed by atoms with van der Waals surface area (Å²) in [6, 6.07) is 77.2. The standard InChI is InChI=1S/C52H35NS/c1-2-15-38(16-3-1)43-18-6-7-19-44(43)45-20-8-9-21-46(45)47-22-10-12-24-50(47)53(42-32-33-52-49(35-42)48-23-11-13-25-51(48)54-52)41-30-28-37(29-31-41)40-27-26-36-14-4-5-17-39(36)34-40/h1-35H. The lowest BCUT2D eigenvalue weighted by Crippen LogP contribution is -2.11. The fourth-order valence-corrected chi connectivity index (χ4v) is 8.98. The number of anilines is 3. The van der Waals surface area contributed by atoms with Crippen LogP contribution in [0, 0.1) is 0 Å². The molecule has 54 heavy (non-hydrogen) atoms. The Bertz CT molecular complexity index is 2940. The van der Waals surface area contributed by atoms with E-state index in [1.807, 2.05) is 11.3 Å². The van der Waals surface area contributed by atoms with Crippen molar-refractivity contribution in [3.63, 3.8) is 0 Å². The summed E-state index contributed by atoms with van der Waals surface area (Å²) in [7, 11) is 0. The molecule has 1 aromatic heterocycles. The van der Waals surface area contributed by atoms with Crippen LogP contribution in [0.15, 0.2) is 212 Å². The quantitative estimate of drug-likeness (QED) is 0.160. The molecule has 10 aromatic rings. The fourth-order valence-electron chi connectivity index (χ4n) is 7.89. The average Bonchev–Trinajstić information content (AvgIpc) is 3.62. The second-order valence-electron chi connectivity index (χ2n) is 13.7. The Balaban J connectivity index is 1.16. The number of benzene rings is 9. The molecule has 0 atom stereocenters. The van der Waals surface area contributed by atoms with Crippen LogP contribution in [-0.4, -0.2) is 0 Å². The summed E-state index contributed by atoms with van der Waals surface area (Å²) in [6.45, 7) is 0. The number of thiophene rings is 1. The van der Waals surface area contributed by atoms with Crippen LogP contribution in [0.2, 0.25) is 0 Å². The van der Waals surface area contributed by atoms with Crippen molar-refractivity contribution in [3.8, 4) is 44.5 Å². The number of rotatable bonds is 7. The van der Waals surface area contributed by atoms with Crippen LogP contribution < -0.4 is 4.90 Å². The molecule has 10 rings (SSSR count). The van der Waals surface area contributed by atoms with E-state index in [1.54, 1.807) is 0 Å². The number of hydrogen-bond donors (Lipinski definition) is 0. The zero-order valence-corrected chi connectivity index (χ0v) is 30.4. The predicted octanol–water partition coefficient (Wildman–Crippen LogP) is 15.3. The van der Waals surface area contributed by atoms with Crippen LogP contribution >= 0.6 is 11.3 Å². The topological polar surface area (TPSA) is 3.24 Å². The van der Waals surface area contributed by atoms with Crippen molar-refractivity contribution in [2.24, 2.45) is 0 Å². The molecule has 254 valence electrons. The van der Waals surface area contributed by atoms with E-state index in [2.05, 4.69) is 217 Å². The van der Waals surface area contributed by atoms with E-state index >= 15 is 0 Å². The summed E-state index contributed by atoms with van der Waals surface area (Å²) in [6.07, 6.45) is 0. The highest BCUT2D eigenvalue weighted by Crippen LogP contribution is 2.46. The molecule has 1 nitrogen and oxygen atoms in total. The fraction of sp³-hybridized carbons (Fsp3) is 0. The average molecular weight is 706 g/mol. The van der Waals surface area contributed by atoms with Crippen molar-refractivity contribution >= 4 is 59.3 Å². The molecular weight excluding hydrogens is 671 g/mol. The second-order valence-corrected chi connectivity index (χ2v) is 14.8. The minimum absolute atomic E-state index is 1.10. The highest BCUT2D eigenvalue weighted by molar-refractivity contribution is 7.25. The zero-order valence-electron chi connectivity index (χ0n) is 29.6. The minimum atomic E-state index is 1.10. The van der Waals surface area contributed by atoms with Crippen LogP contribution in [0.4, 0.5) is 17.1 Å². The summed E-state index contributed by atoms with van der Waals surface area (Å²) >= 11 is 1.85. The summed E-state index contributed by atoms with van der Waals surface area (Å²) in [5.74, 6) is 0. The van der Waals surface area contributed by atoms with Crippen molar-refractivity contribution in [2.75, 3.05) is 4.90 Å². The Hall–Kier alpha value is -6.74. The van der Waals surface area contributed by atoms with Gasteiger partial charge in [0.05, 0.1) is 5.69 Å². The number of nitrogens with zero attached hydrogens (tertiary/aromatic N) is 1. The van der Waals surface area contributed by atoms with Crippen molar-refractivity contribution in [1.29, 1.82) is 0 Å². The lowest BCUT2D eigenvalue weighted by molar-refractivity contribution is 1.29. The Morgan fingerprint density at radius 1 is 0.296 bits per heavy atom. The molecule has 9 aromatic carbocycles. The van der Waals surface area contributed by atoms with E-state index in [0.29, 0.717) is 0 Å². The molecule has 0 spiro atoms. The van der Waals surface area contributed by atoms with Crippen molar-refractivity contribution < 1.29 is 0 Å². The lowest BCUT2D eigenvalue weighted by atomic mass is 9.88. The van der Waals surface area contributed by atoms with Crippen LogP contribution in [0.25, 0.3) is 75.5 Å². The third-order valence-electron chi connectivity index (χ3n) is 10.5. The monoisotopic (exact) mass is 705 g/mol. The molecule has 0 saturated carbocycles. The van der Waals surface area contributed by atoms with Gasteiger partial charge in [0.1, 0.15) is 0 Å². The smallest absolute Gasteiger partial charge is 0.0540 e. The maximum absolute atomic E-state index is 2.44. The second kappa shape index (κ2) is 13.7. The van der Waals surface area contributed by atoms with Crippen molar-refractivity contribution in [1.82, 2.24) is 0 Å². The van der Waals surface area contributed by atoms with Gasteiger partial charge in [0.2, 0.25) is 0 Å². The Morgan fingerprint density at radius 3 is 1.65 bits per heavy atom. The zero-order chi connectivity index (χ0) is 35.8. The maximum atomic E-state index is 2.44. The minimum Gasteiger partial charge on any atom is -0.310 e. The van der Waals surface area contributed by atoms with Gasteiger partial charge in [-0.2, -0.15) is 0 Å². The van der Waals surface area contributed by atoms with E-state index < -0.39 is 0 Å². The Labute approximate surface area is 319 Å². The molecule has 0 aliphatic carbocycles. The summed E-state index contributed by atoms with van der Waals surface area (Å²) in [5.41, 5.74) is 13.0. The van der Waals surface area contributed by atoms with Gasteiger partial charge in [-0.05, 0) is 98.2 Å².